The monoisotopic (exact) mass is 834 g/mol. The average molecular weight is 835 g/mol. The molecule has 0 heterocycles. The summed E-state index contributed by atoms with van der Waals surface area (Å²) >= 11 is 0. The van der Waals surface area contributed by atoms with Gasteiger partial charge in [-0.15, -0.1) is 0 Å². The SMILES string of the molecule is C=CC(=O)OCCCCOC(=O)C1CCC(C2CCC(C(=O)Oc3ccc(OC(=O)C4CCC(C5CCC(C(=O)OCCCCOC(=O)C=C)CC5)CC4)cc3)CC2)CC1. The minimum Gasteiger partial charge on any atom is -0.465 e. The molecule has 60 heavy (non-hydrogen) atoms. The van der Waals surface area contributed by atoms with Gasteiger partial charge in [0, 0.05) is 12.2 Å². The Morgan fingerprint density at radius 1 is 0.400 bits per heavy atom. The second-order valence-corrected chi connectivity index (χ2v) is 17.3. The molecule has 4 saturated carbocycles. The van der Waals surface area contributed by atoms with Gasteiger partial charge in [0.1, 0.15) is 11.5 Å². The average Bonchev–Trinajstić information content (AvgIpc) is 3.29. The number of hydrogen-bond acceptors (Lipinski definition) is 12. The van der Waals surface area contributed by atoms with E-state index in [2.05, 4.69) is 13.2 Å². The van der Waals surface area contributed by atoms with Gasteiger partial charge in [-0.2, -0.15) is 0 Å². The highest BCUT2D eigenvalue weighted by molar-refractivity contribution is 5.81. The van der Waals surface area contributed by atoms with Gasteiger partial charge in [-0.3, -0.25) is 19.2 Å². The topological polar surface area (TPSA) is 158 Å². The van der Waals surface area contributed by atoms with Crippen LogP contribution in [0.5, 0.6) is 11.5 Å². The van der Waals surface area contributed by atoms with Gasteiger partial charge in [0.25, 0.3) is 0 Å². The van der Waals surface area contributed by atoms with E-state index in [-0.39, 0.29) is 47.5 Å². The number of ether oxygens (including phenoxy) is 6. The van der Waals surface area contributed by atoms with Crippen molar-refractivity contribution in [3.63, 3.8) is 0 Å². The predicted octanol–water partition coefficient (Wildman–Crippen LogP) is 8.83. The summed E-state index contributed by atoms with van der Waals surface area (Å²) in [4.78, 5) is 73.5. The Labute approximate surface area is 355 Å². The van der Waals surface area contributed by atoms with Crippen molar-refractivity contribution in [3.8, 4) is 11.5 Å². The minimum atomic E-state index is -0.446. The summed E-state index contributed by atoms with van der Waals surface area (Å²) < 4.78 is 32.4. The second-order valence-electron chi connectivity index (χ2n) is 17.3. The first-order valence-electron chi connectivity index (χ1n) is 22.6. The molecule has 12 nitrogen and oxygen atoms in total. The van der Waals surface area contributed by atoms with Crippen LogP contribution in [0.4, 0.5) is 0 Å². The van der Waals surface area contributed by atoms with Crippen molar-refractivity contribution in [2.24, 2.45) is 47.3 Å². The van der Waals surface area contributed by atoms with Crippen LogP contribution in [0.25, 0.3) is 0 Å². The third kappa shape index (κ3) is 14.9. The number of hydrogen-bond donors (Lipinski definition) is 0. The van der Waals surface area contributed by atoms with E-state index in [1.54, 1.807) is 24.3 Å². The van der Waals surface area contributed by atoms with Crippen molar-refractivity contribution in [1.29, 1.82) is 0 Å². The highest BCUT2D eigenvalue weighted by Crippen LogP contribution is 2.43. The lowest BCUT2D eigenvalue weighted by molar-refractivity contribution is -0.151. The van der Waals surface area contributed by atoms with Gasteiger partial charge in [-0.05, 0) is 176 Å². The summed E-state index contributed by atoms with van der Waals surface area (Å²) in [5.74, 6) is 1.14. The molecule has 0 amide bonds. The molecule has 0 aromatic heterocycles. The van der Waals surface area contributed by atoms with Gasteiger partial charge in [0.05, 0.1) is 50.1 Å². The molecule has 1 aromatic rings. The minimum absolute atomic E-state index is 0.0576. The van der Waals surface area contributed by atoms with Crippen molar-refractivity contribution in [2.75, 3.05) is 26.4 Å². The second kappa shape index (κ2) is 24.7. The lowest BCUT2D eigenvalue weighted by Crippen LogP contribution is -2.31. The first kappa shape index (κ1) is 46.6. The molecule has 4 aliphatic rings. The zero-order chi connectivity index (χ0) is 42.7. The van der Waals surface area contributed by atoms with E-state index in [0.717, 1.165) is 115 Å². The van der Waals surface area contributed by atoms with E-state index in [1.165, 1.54) is 0 Å². The highest BCUT2D eigenvalue weighted by Gasteiger charge is 2.37. The summed E-state index contributed by atoms with van der Waals surface area (Å²) in [6.07, 6.45) is 19.3. The fourth-order valence-corrected chi connectivity index (χ4v) is 9.73. The van der Waals surface area contributed by atoms with Crippen LogP contribution in [-0.4, -0.2) is 62.2 Å². The molecule has 12 heteroatoms. The van der Waals surface area contributed by atoms with E-state index in [4.69, 9.17) is 28.4 Å². The van der Waals surface area contributed by atoms with Crippen LogP contribution < -0.4 is 9.47 Å². The van der Waals surface area contributed by atoms with Gasteiger partial charge in [-0.1, -0.05) is 13.2 Å². The van der Waals surface area contributed by atoms with Crippen molar-refractivity contribution in [1.82, 2.24) is 0 Å². The summed E-state index contributed by atoms with van der Waals surface area (Å²) in [5, 5.41) is 0. The van der Waals surface area contributed by atoms with Crippen molar-refractivity contribution >= 4 is 35.8 Å². The summed E-state index contributed by atoms with van der Waals surface area (Å²) in [6.45, 7) is 7.98. The van der Waals surface area contributed by atoms with Crippen molar-refractivity contribution in [2.45, 2.75) is 128 Å². The van der Waals surface area contributed by atoms with Gasteiger partial charge < -0.3 is 28.4 Å². The molecule has 0 N–H and O–H groups in total. The third-order valence-electron chi connectivity index (χ3n) is 13.4. The Morgan fingerprint density at radius 3 is 0.917 bits per heavy atom. The lowest BCUT2D eigenvalue weighted by atomic mass is 9.69. The molecule has 0 radical (unpaired) electrons. The summed E-state index contributed by atoms with van der Waals surface area (Å²) in [5.41, 5.74) is 0. The summed E-state index contributed by atoms with van der Waals surface area (Å²) in [7, 11) is 0. The Bertz CT molecular complexity index is 1450. The lowest BCUT2D eigenvalue weighted by Gasteiger charge is -2.36. The number of esters is 6. The van der Waals surface area contributed by atoms with Crippen LogP contribution in [0.2, 0.25) is 0 Å². The maximum atomic E-state index is 13.1. The zero-order valence-corrected chi connectivity index (χ0v) is 35.4. The maximum Gasteiger partial charge on any atom is 0.330 e. The van der Waals surface area contributed by atoms with Crippen molar-refractivity contribution in [3.05, 3.63) is 49.6 Å². The van der Waals surface area contributed by atoms with E-state index in [9.17, 15) is 28.8 Å². The normalized spacial score (nSPS) is 26.7. The molecule has 1 aromatic carbocycles. The zero-order valence-electron chi connectivity index (χ0n) is 35.4. The molecule has 4 fully saturated rings. The summed E-state index contributed by atoms with van der Waals surface area (Å²) in [6, 6.07) is 6.74. The van der Waals surface area contributed by atoms with E-state index in [0.29, 0.717) is 87.3 Å². The number of carbonyl (C=O) groups excluding carboxylic acids is 6. The van der Waals surface area contributed by atoms with Gasteiger partial charge in [0.15, 0.2) is 0 Å². The van der Waals surface area contributed by atoms with E-state index >= 15 is 0 Å². The first-order chi connectivity index (χ1) is 29.1. The van der Waals surface area contributed by atoms with Crippen LogP contribution in [0.1, 0.15) is 128 Å². The van der Waals surface area contributed by atoms with E-state index in [1.807, 2.05) is 0 Å². The molecule has 330 valence electrons. The molecule has 0 saturated heterocycles. The number of benzene rings is 1. The molecule has 0 bridgehead atoms. The van der Waals surface area contributed by atoms with Crippen LogP contribution in [-0.2, 0) is 47.7 Å². The fourth-order valence-electron chi connectivity index (χ4n) is 9.73. The van der Waals surface area contributed by atoms with Gasteiger partial charge in [0.2, 0.25) is 0 Å². The maximum absolute atomic E-state index is 13.1. The standard InChI is InChI=1S/C48H66O12/c1-3-43(49)55-29-5-7-31-57-45(51)37-17-9-33(10-18-37)35-13-21-39(22-14-35)47(53)59-41-25-27-42(28-26-41)60-48(54)40-23-15-36(16-24-40)34-11-19-38(20-12-34)46(52)58-32-8-6-30-56-44(50)4-2/h3-4,25-28,33-40H,1-2,5-24,29-32H2. The third-order valence-corrected chi connectivity index (χ3v) is 13.4. The largest absolute Gasteiger partial charge is 0.465 e. The van der Waals surface area contributed by atoms with Gasteiger partial charge >= 0.3 is 35.8 Å². The number of carbonyl (C=O) groups is 6. The van der Waals surface area contributed by atoms with Crippen LogP contribution in [0.3, 0.4) is 0 Å². The van der Waals surface area contributed by atoms with Crippen LogP contribution in [0, 0.1) is 47.3 Å². The van der Waals surface area contributed by atoms with E-state index < -0.39 is 11.9 Å². The van der Waals surface area contributed by atoms with Gasteiger partial charge in [-0.25, -0.2) is 9.59 Å². The molecule has 4 aliphatic carbocycles. The molecule has 0 unspecified atom stereocenters. The van der Waals surface area contributed by atoms with Crippen LogP contribution in [0.15, 0.2) is 49.6 Å². The highest BCUT2D eigenvalue weighted by atomic mass is 16.6. The number of unbranched alkanes of at least 4 members (excludes halogenated alkanes) is 2. The Balaban J connectivity index is 0.907. The fraction of sp³-hybridized carbons (Fsp3) is 0.667. The smallest absolute Gasteiger partial charge is 0.330 e. The van der Waals surface area contributed by atoms with Crippen LogP contribution >= 0.6 is 0 Å². The molecule has 0 aliphatic heterocycles. The molecule has 5 rings (SSSR count). The Hall–Kier alpha value is -4.48. The Kier molecular flexibility index (Phi) is 19.2. The molecule has 0 atom stereocenters. The predicted molar refractivity (Wildman–Crippen MR) is 222 cm³/mol. The molecule has 0 spiro atoms. The molecular formula is C48H66O12. The first-order valence-corrected chi connectivity index (χ1v) is 22.6. The molecular weight excluding hydrogens is 769 g/mol. The van der Waals surface area contributed by atoms with Crippen molar-refractivity contribution < 1.29 is 57.2 Å². The quantitative estimate of drug-likeness (QED) is 0.0405. The number of rotatable bonds is 20. The Morgan fingerprint density at radius 2 is 0.650 bits per heavy atom.